The third-order valence-electron chi connectivity index (χ3n) is 3.18. The Balaban J connectivity index is 0. The minimum atomic E-state index is -5.65. The molecule has 5 atom stereocenters. The Labute approximate surface area is 241 Å². The molecule has 0 saturated carbocycles. The number of hydrogen-bond acceptors (Lipinski definition) is 11. The van der Waals surface area contributed by atoms with Crippen LogP contribution < -0.4 is 11.4 Å². The molecule has 7 N–H and O–H groups in total. The average molecular weight is 536 g/mol. The molecule has 1 aromatic rings. The number of hydrogen-bond donors (Lipinski definition) is 6. The number of phosphoric acid groups is 3. The third kappa shape index (κ3) is 12.0. The first kappa shape index (κ1) is 35.2. The number of phosphoric ester groups is 1. The summed E-state index contributed by atoms with van der Waals surface area (Å²) in [6.07, 6.45) is -2.42. The summed E-state index contributed by atoms with van der Waals surface area (Å²) < 4.78 is 51.2. The van der Waals surface area contributed by atoms with E-state index in [1.54, 1.807) is 0 Å². The molecule has 1 aromatic heterocycles. The van der Waals surface area contributed by atoms with Crippen molar-refractivity contribution in [3.05, 3.63) is 22.7 Å². The summed E-state index contributed by atoms with van der Waals surface area (Å²) in [5.41, 5.74) is 4.58. The van der Waals surface area contributed by atoms with Gasteiger partial charge in [0.2, 0.25) is 0 Å². The van der Waals surface area contributed by atoms with Gasteiger partial charge in [0.25, 0.3) is 0 Å². The van der Waals surface area contributed by atoms with Crippen molar-refractivity contribution < 1.29 is 56.3 Å². The Morgan fingerprint density at radius 1 is 1.13 bits per heavy atom. The SMILES string of the molecule is Nc1ccn([C@H]2C[C@H](O)[C@@H](COP(=O)(O)OP(=O)(O)OP(=O)(O)O)O2)c(=O)n1.[Na].[Na].[Na]. The fourth-order valence-electron chi connectivity index (χ4n) is 2.15. The van der Waals surface area contributed by atoms with Crippen LogP contribution in [0.25, 0.3) is 0 Å². The number of anilines is 1. The van der Waals surface area contributed by atoms with E-state index in [0.29, 0.717) is 0 Å². The zero-order valence-electron chi connectivity index (χ0n) is 16.6. The molecular weight excluding hydrogens is 520 g/mol. The Kier molecular flexibility index (Phi) is 15.8. The number of aromatic nitrogens is 2. The molecule has 3 radical (unpaired) electrons. The van der Waals surface area contributed by atoms with Crippen molar-refractivity contribution in [3.63, 3.8) is 0 Å². The predicted octanol–water partition coefficient (Wildman–Crippen LogP) is -2.33. The summed E-state index contributed by atoms with van der Waals surface area (Å²) in [5, 5.41) is 9.94. The third-order valence-corrected chi connectivity index (χ3v) is 6.99. The Morgan fingerprint density at radius 3 is 2.23 bits per heavy atom. The van der Waals surface area contributed by atoms with Crippen molar-refractivity contribution in [3.8, 4) is 0 Å². The summed E-state index contributed by atoms with van der Waals surface area (Å²) >= 11 is 0. The summed E-state index contributed by atoms with van der Waals surface area (Å²) in [5.74, 6) is -0.0380. The summed E-state index contributed by atoms with van der Waals surface area (Å²) in [4.78, 5) is 50.5. The molecule has 163 valence electrons. The number of aliphatic hydroxyl groups is 1. The number of ether oxygens (including phenoxy) is 1. The van der Waals surface area contributed by atoms with Crippen molar-refractivity contribution in [1.82, 2.24) is 9.55 Å². The molecule has 0 aliphatic carbocycles. The molecule has 22 heteroatoms. The van der Waals surface area contributed by atoms with Crippen LogP contribution in [0.3, 0.4) is 0 Å². The maximum atomic E-state index is 11.8. The molecule has 1 aliphatic heterocycles. The standard InChI is InChI=1S/C9H16N3O13P3.3Na/c10-7-1-2-12(9(14)11-7)8-3-5(13)6(23-8)4-22-27(18,19)25-28(20,21)24-26(15,16)17;;;/h1-2,5-6,8,13H,3-4H2,(H,18,19)(H,20,21)(H2,10,11,14)(H2,15,16,17);;;/t5-,6+,8+;;;/m0.../s1. The van der Waals surface area contributed by atoms with E-state index < -0.39 is 54.2 Å². The normalized spacial score (nSPS) is 24.6. The van der Waals surface area contributed by atoms with E-state index in [0.717, 1.165) is 4.57 Å². The van der Waals surface area contributed by atoms with Gasteiger partial charge >= 0.3 is 29.2 Å². The van der Waals surface area contributed by atoms with Crippen molar-refractivity contribution in [1.29, 1.82) is 0 Å². The van der Waals surface area contributed by atoms with Crippen molar-refractivity contribution in [2.45, 2.75) is 24.9 Å². The maximum Gasteiger partial charge on any atom is 0.490 e. The van der Waals surface area contributed by atoms with E-state index in [1.165, 1.54) is 12.3 Å². The van der Waals surface area contributed by atoms with Gasteiger partial charge in [-0.15, -0.1) is 0 Å². The van der Waals surface area contributed by atoms with Crippen molar-refractivity contribution in [2.24, 2.45) is 0 Å². The molecule has 2 unspecified atom stereocenters. The fourth-order valence-corrected chi connectivity index (χ4v) is 5.18. The zero-order valence-corrected chi connectivity index (χ0v) is 25.3. The van der Waals surface area contributed by atoms with Crippen LogP contribution in [0.2, 0.25) is 0 Å². The van der Waals surface area contributed by atoms with Gasteiger partial charge in [0.1, 0.15) is 18.1 Å². The summed E-state index contributed by atoms with van der Waals surface area (Å²) in [6, 6.07) is 1.30. The molecule has 0 bridgehead atoms. The van der Waals surface area contributed by atoms with E-state index in [9.17, 15) is 28.5 Å². The molecule has 0 amide bonds. The molecule has 1 aliphatic rings. The number of aliphatic hydroxyl groups excluding tert-OH is 1. The van der Waals surface area contributed by atoms with Gasteiger partial charge in [0.05, 0.1) is 12.7 Å². The molecule has 1 fully saturated rings. The van der Waals surface area contributed by atoms with Crippen molar-refractivity contribution >= 4 is 118 Å². The Morgan fingerprint density at radius 2 is 1.71 bits per heavy atom. The van der Waals surface area contributed by atoms with E-state index >= 15 is 0 Å². The molecule has 0 spiro atoms. The molecule has 16 nitrogen and oxygen atoms in total. The first-order valence-corrected chi connectivity index (χ1v) is 11.7. The number of nitrogen functional groups attached to an aromatic ring is 1. The zero-order chi connectivity index (χ0) is 21.3. The van der Waals surface area contributed by atoms with Gasteiger partial charge in [0.15, 0.2) is 0 Å². The van der Waals surface area contributed by atoms with E-state index in [-0.39, 0.29) is 101 Å². The smallest absolute Gasteiger partial charge is 0.390 e. The van der Waals surface area contributed by atoms with Gasteiger partial charge in [0, 0.05) is 101 Å². The van der Waals surface area contributed by atoms with Gasteiger partial charge in [-0.05, 0) is 6.07 Å². The van der Waals surface area contributed by atoms with E-state index in [4.69, 9.17) is 25.2 Å². The number of nitrogens with two attached hydrogens (primary N) is 1. The predicted molar refractivity (Wildman–Crippen MR) is 105 cm³/mol. The van der Waals surface area contributed by atoms with Crippen LogP contribution >= 0.6 is 23.5 Å². The number of rotatable bonds is 8. The first-order valence-electron chi connectivity index (χ1n) is 7.14. The van der Waals surface area contributed by atoms with Crippen LogP contribution in [0.4, 0.5) is 5.82 Å². The topological polar surface area (TPSA) is 250 Å². The minimum absolute atomic E-state index is 0. The Hall–Kier alpha value is 2.01. The van der Waals surface area contributed by atoms with Crippen LogP contribution in [0.1, 0.15) is 12.6 Å². The van der Waals surface area contributed by atoms with Crippen LogP contribution in [0.15, 0.2) is 17.1 Å². The maximum absolute atomic E-state index is 11.8. The first-order chi connectivity index (χ1) is 12.7. The quantitative estimate of drug-likeness (QED) is 0.151. The fraction of sp³-hybridized carbons (Fsp3) is 0.556. The van der Waals surface area contributed by atoms with E-state index in [2.05, 4.69) is 18.1 Å². The second kappa shape index (κ2) is 13.9. The van der Waals surface area contributed by atoms with Crippen LogP contribution in [-0.4, -0.2) is 142 Å². The summed E-state index contributed by atoms with van der Waals surface area (Å²) in [7, 11) is -16.5. The van der Waals surface area contributed by atoms with Gasteiger partial charge in [-0.25, -0.2) is 18.5 Å². The second-order valence-corrected chi connectivity index (χ2v) is 9.78. The number of nitrogens with zero attached hydrogens (tertiary/aromatic N) is 2. The van der Waals surface area contributed by atoms with Gasteiger partial charge < -0.3 is 35.2 Å². The molecule has 1 saturated heterocycles. The van der Waals surface area contributed by atoms with Gasteiger partial charge in [-0.3, -0.25) is 9.09 Å². The Bertz CT molecular complexity index is 928. The molecule has 2 rings (SSSR count). The van der Waals surface area contributed by atoms with E-state index in [1.807, 2.05) is 0 Å². The second-order valence-electron chi connectivity index (χ2n) is 5.36. The molecule has 0 aromatic carbocycles. The van der Waals surface area contributed by atoms with Crippen LogP contribution in [0.5, 0.6) is 0 Å². The van der Waals surface area contributed by atoms with Crippen LogP contribution in [-0.2, 0) is 31.6 Å². The molecular formula is C9H16N3Na3O13P3. The minimum Gasteiger partial charge on any atom is -0.390 e. The van der Waals surface area contributed by atoms with Gasteiger partial charge in [-0.1, -0.05) is 0 Å². The van der Waals surface area contributed by atoms with Gasteiger partial charge in [-0.2, -0.15) is 13.6 Å². The van der Waals surface area contributed by atoms with Crippen molar-refractivity contribution in [2.75, 3.05) is 12.3 Å². The molecule has 31 heavy (non-hydrogen) atoms. The average Bonchev–Trinajstić information content (AvgIpc) is 2.82. The largest absolute Gasteiger partial charge is 0.490 e. The molecule has 2 heterocycles. The van der Waals surface area contributed by atoms with Crippen LogP contribution in [0, 0.1) is 0 Å². The monoisotopic (exact) mass is 536 g/mol. The summed E-state index contributed by atoms with van der Waals surface area (Å²) in [6.45, 7) is -0.849.